The van der Waals surface area contributed by atoms with E-state index in [0.29, 0.717) is 49.4 Å². The van der Waals surface area contributed by atoms with Crippen LogP contribution in [-0.2, 0) is 11.3 Å². The van der Waals surface area contributed by atoms with Crippen molar-refractivity contribution >= 4 is 17.5 Å². The monoisotopic (exact) mass is 557 g/mol. The molecule has 0 aliphatic carbocycles. The third-order valence-electron chi connectivity index (χ3n) is 6.73. The van der Waals surface area contributed by atoms with Crippen molar-refractivity contribution in [2.24, 2.45) is 0 Å². The number of carbonyl (C=O) groups is 2. The van der Waals surface area contributed by atoms with E-state index in [1.807, 2.05) is 89.2 Å². The first-order valence-corrected chi connectivity index (χ1v) is 14.0. The lowest BCUT2D eigenvalue weighted by Crippen LogP contribution is -2.41. The highest BCUT2D eigenvalue weighted by atomic mass is 16.6. The van der Waals surface area contributed by atoms with Gasteiger partial charge in [-0.3, -0.25) is 14.2 Å². The smallest absolute Gasteiger partial charge is 0.407 e. The fourth-order valence-electron chi connectivity index (χ4n) is 4.76. The first-order chi connectivity index (χ1) is 19.6. The molecule has 2 amide bonds. The van der Waals surface area contributed by atoms with E-state index < -0.39 is 17.7 Å². The zero-order chi connectivity index (χ0) is 29.6. The van der Waals surface area contributed by atoms with E-state index >= 15 is 0 Å². The van der Waals surface area contributed by atoms with Crippen LogP contribution in [0.2, 0.25) is 0 Å². The molecule has 0 saturated heterocycles. The number of fused-ring (bicyclic) bond motifs is 1. The third kappa shape index (κ3) is 7.42. The predicted octanol–water partition coefficient (Wildman–Crippen LogP) is 5.36. The summed E-state index contributed by atoms with van der Waals surface area (Å²) < 4.78 is 8.61. The van der Waals surface area contributed by atoms with E-state index in [2.05, 4.69) is 5.32 Å². The number of benzene rings is 2. The number of nitrogens with zero attached hydrogens (tertiary/aromatic N) is 4. The molecule has 0 fully saturated rings. The predicted molar refractivity (Wildman–Crippen MR) is 159 cm³/mol. The van der Waals surface area contributed by atoms with Gasteiger partial charge in [-0.2, -0.15) is 5.10 Å². The highest BCUT2D eigenvalue weighted by Gasteiger charge is 2.29. The summed E-state index contributed by atoms with van der Waals surface area (Å²) in [4.78, 5) is 41.7. The number of aromatic nitrogens is 3. The maximum atomic E-state index is 14.0. The molecule has 1 N–H and O–H groups in total. The summed E-state index contributed by atoms with van der Waals surface area (Å²) in [7, 11) is 0. The van der Waals surface area contributed by atoms with Crippen molar-refractivity contribution < 1.29 is 14.3 Å². The minimum absolute atomic E-state index is 0.165. The van der Waals surface area contributed by atoms with Crippen molar-refractivity contribution in [2.45, 2.75) is 65.6 Å². The van der Waals surface area contributed by atoms with Crippen molar-refractivity contribution in [3.8, 4) is 0 Å². The average Bonchev–Trinajstić information content (AvgIpc) is 3.41. The summed E-state index contributed by atoms with van der Waals surface area (Å²) in [6.45, 7) is 10.4. The van der Waals surface area contributed by atoms with Gasteiger partial charge in [0.1, 0.15) is 11.1 Å². The maximum Gasteiger partial charge on any atom is 0.407 e. The summed E-state index contributed by atoms with van der Waals surface area (Å²) in [5.41, 5.74) is 2.26. The number of carbonyl (C=O) groups excluding carboxylic acids is 2. The standard InChI is InChI=1S/C32H39N5O4/c1-6-26(28-34-37-21-10-14-27(37)30(39)36(28)22-24-12-8-7-9-13-24)35(29(38)25-17-15-23(2)16-18-25)20-11-19-33-31(40)41-32(3,4)5/h7-10,12-18,21,26H,6,11,19-20,22H2,1-5H3,(H,33,40). The van der Waals surface area contributed by atoms with Crippen LogP contribution in [0.5, 0.6) is 0 Å². The summed E-state index contributed by atoms with van der Waals surface area (Å²) >= 11 is 0. The first kappa shape index (κ1) is 29.6. The maximum absolute atomic E-state index is 14.0. The summed E-state index contributed by atoms with van der Waals surface area (Å²) in [5, 5.41) is 7.64. The Kier molecular flexibility index (Phi) is 9.27. The van der Waals surface area contributed by atoms with Gasteiger partial charge in [0.2, 0.25) is 0 Å². The molecule has 4 rings (SSSR count). The molecule has 41 heavy (non-hydrogen) atoms. The molecule has 9 nitrogen and oxygen atoms in total. The molecule has 2 heterocycles. The van der Waals surface area contributed by atoms with Gasteiger partial charge in [0.05, 0.1) is 12.6 Å². The fraction of sp³-hybridized carbons (Fsp3) is 0.375. The molecule has 0 aliphatic rings. The Morgan fingerprint density at radius 3 is 2.39 bits per heavy atom. The zero-order valence-electron chi connectivity index (χ0n) is 24.5. The molecule has 2 aromatic heterocycles. The van der Waals surface area contributed by atoms with Crippen molar-refractivity contribution in [2.75, 3.05) is 13.1 Å². The van der Waals surface area contributed by atoms with Crippen LogP contribution in [0, 0.1) is 6.92 Å². The first-order valence-electron chi connectivity index (χ1n) is 14.0. The minimum Gasteiger partial charge on any atom is -0.444 e. The van der Waals surface area contributed by atoms with Crippen LogP contribution >= 0.6 is 0 Å². The topological polar surface area (TPSA) is 97.9 Å². The number of ether oxygens (including phenoxy) is 1. The molecule has 9 heteroatoms. The van der Waals surface area contributed by atoms with E-state index in [4.69, 9.17) is 9.84 Å². The van der Waals surface area contributed by atoms with Crippen molar-refractivity contribution in [1.82, 2.24) is 24.4 Å². The van der Waals surface area contributed by atoms with Crippen LogP contribution in [-0.4, -0.2) is 49.8 Å². The van der Waals surface area contributed by atoms with E-state index in [9.17, 15) is 14.4 Å². The number of nitrogens with one attached hydrogen (secondary N) is 1. The molecular formula is C32H39N5O4. The van der Waals surface area contributed by atoms with Crippen molar-refractivity contribution in [1.29, 1.82) is 0 Å². The number of hydrogen-bond acceptors (Lipinski definition) is 5. The van der Waals surface area contributed by atoms with E-state index in [1.165, 1.54) is 0 Å². The summed E-state index contributed by atoms with van der Waals surface area (Å²) in [6, 6.07) is 20.2. The zero-order valence-corrected chi connectivity index (χ0v) is 24.5. The number of aryl methyl sites for hydroxylation is 1. The van der Waals surface area contributed by atoms with Gasteiger partial charge in [-0.05, 0) is 70.4 Å². The molecule has 4 aromatic rings. The molecular weight excluding hydrogens is 518 g/mol. The Labute approximate surface area is 240 Å². The van der Waals surface area contributed by atoms with Gasteiger partial charge in [0.25, 0.3) is 11.5 Å². The second-order valence-corrected chi connectivity index (χ2v) is 11.1. The lowest BCUT2D eigenvalue weighted by atomic mass is 10.1. The van der Waals surface area contributed by atoms with Gasteiger partial charge in [-0.25, -0.2) is 9.31 Å². The highest BCUT2D eigenvalue weighted by Crippen LogP contribution is 2.26. The molecule has 1 unspecified atom stereocenters. The Morgan fingerprint density at radius 1 is 1.02 bits per heavy atom. The fourth-order valence-corrected chi connectivity index (χ4v) is 4.76. The SMILES string of the molecule is CCC(c1nn2cccc2c(=O)n1Cc1ccccc1)N(CCCNC(=O)OC(C)(C)C)C(=O)c1ccc(C)cc1. The molecule has 0 aliphatic heterocycles. The molecule has 216 valence electrons. The van der Waals surface area contributed by atoms with Gasteiger partial charge in [0.15, 0.2) is 5.82 Å². The minimum atomic E-state index is -0.601. The highest BCUT2D eigenvalue weighted by molar-refractivity contribution is 5.94. The van der Waals surface area contributed by atoms with Gasteiger partial charge < -0.3 is 15.0 Å². The number of rotatable bonds is 10. The molecule has 2 aromatic carbocycles. The molecule has 1 atom stereocenters. The molecule has 0 spiro atoms. The van der Waals surface area contributed by atoms with Crippen LogP contribution < -0.4 is 10.9 Å². The Bertz CT molecular complexity index is 1530. The summed E-state index contributed by atoms with van der Waals surface area (Å²) in [5.74, 6) is 0.341. The van der Waals surface area contributed by atoms with Crippen LogP contribution in [0.15, 0.2) is 77.7 Å². The van der Waals surface area contributed by atoms with Crippen LogP contribution in [0.4, 0.5) is 4.79 Å². The van der Waals surface area contributed by atoms with Crippen LogP contribution in [0.3, 0.4) is 0 Å². The number of alkyl carbamates (subject to hydrolysis) is 1. The van der Waals surface area contributed by atoms with Crippen molar-refractivity contribution in [3.63, 3.8) is 0 Å². The lowest BCUT2D eigenvalue weighted by molar-refractivity contribution is 0.0523. The van der Waals surface area contributed by atoms with Gasteiger partial charge in [-0.1, -0.05) is 55.0 Å². The van der Waals surface area contributed by atoms with E-state index in [1.54, 1.807) is 32.3 Å². The normalized spacial score (nSPS) is 12.2. The second-order valence-electron chi connectivity index (χ2n) is 11.1. The largest absolute Gasteiger partial charge is 0.444 e. The quantitative estimate of drug-likeness (QED) is 0.265. The molecule has 0 radical (unpaired) electrons. The van der Waals surface area contributed by atoms with Gasteiger partial charge in [-0.15, -0.1) is 0 Å². The van der Waals surface area contributed by atoms with Crippen LogP contribution in [0.1, 0.15) is 73.9 Å². The van der Waals surface area contributed by atoms with Crippen molar-refractivity contribution in [3.05, 3.63) is 106 Å². The van der Waals surface area contributed by atoms with E-state index in [0.717, 1.165) is 11.1 Å². The number of amides is 2. The second kappa shape index (κ2) is 12.8. The average molecular weight is 558 g/mol. The van der Waals surface area contributed by atoms with E-state index in [-0.39, 0.29) is 11.5 Å². The Balaban J connectivity index is 1.70. The summed E-state index contributed by atoms with van der Waals surface area (Å²) in [6.07, 6.45) is 2.27. The van der Waals surface area contributed by atoms with Crippen LogP contribution in [0.25, 0.3) is 5.52 Å². The third-order valence-corrected chi connectivity index (χ3v) is 6.73. The lowest BCUT2D eigenvalue weighted by Gasteiger charge is -2.32. The Hall–Kier alpha value is -4.40. The van der Waals surface area contributed by atoms with Gasteiger partial charge in [0, 0.05) is 24.8 Å². The molecule has 0 bridgehead atoms. The Morgan fingerprint density at radius 2 is 1.73 bits per heavy atom. The van der Waals surface area contributed by atoms with Gasteiger partial charge >= 0.3 is 6.09 Å². The molecule has 0 saturated carbocycles. The number of hydrogen-bond donors (Lipinski definition) is 1.